The molecule has 0 aliphatic rings. The number of hydrogen-bond acceptors (Lipinski definition) is 5. The van der Waals surface area contributed by atoms with Crippen LogP contribution in [-0.4, -0.2) is 34.6 Å². The summed E-state index contributed by atoms with van der Waals surface area (Å²) in [4.78, 5) is 27.4. The largest absolute Gasteiger partial charge is 0.438 e. The number of hydrogen-bond donors (Lipinski definition) is 3. The molecular weight excluding hydrogens is 334 g/mol. The van der Waals surface area contributed by atoms with Crippen molar-refractivity contribution in [2.45, 2.75) is 33.4 Å². The molecule has 2 aromatic rings. The lowest BCUT2D eigenvalue weighted by Gasteiger charge is -2.17. The van der Waals surface area contributed by atoms with E-state index in [-0.39, 0.29) is 12.5 Å². The van der Waals surface area contributed by atoms with Crippen LogP contribution in [0, 0.1) is 13.8 Å². The average Bonchev–Trinajstić information content (AvgIpc) is 2.61. The SMILES string of the molecule is CC(=O)NC(CO)C(=O)NCc1cccnc1Oc1c(C)cccc1C. The Labute approximate surface area is 152 Å². The van der Waals surface area contributed by atoms with Crippen molar-refractivity contribution in [1.29, 1.82) is 0 Å². The first kappa shape index (κ1) is 19.4. The van der Waals surface area contributed by atoms with Gasteiger partial charge in [0.15, 0.2) is 0 Å². The molecule has 7 heteroatoms. The van der Waals surface area contributed by atoms with Crippen molar-refractivity contribution in [2.75, 3.05) is 6.61 Å². The van der Waals surface area contributed by atoms with Gasteiger partial charge in [-0.25, -0.2) is 4.98 Å². The van der Waals surface area contributed by atoms with Crippen LogP contribution in [0.5, 0.6) is 11.6 Å². The van der Waals surface area contributed by atoms with Crippen molar-refractivity contribution < 1.29 is 19.4 Å². The number of pyridine rings is 1. The third-order valence-electron chi connectivity index (χ3n) is 3.79. The molecule has 0 saturated heterocycles. The fourth-order valence-electron chi connectivity index (χ4n) is 2.45. The maximum Gasteiger partial charge on any atom is 0.245 e. The van der Waals surface area contributed by atoms with Crippen molar-refractivity contribution in [2.24, 2.45) is 0 Å². The molecule has 1 aromatic carbocycles. The van der Waals surface area contributed by atoms with E-state index in [1.807, 2.05) is 32.0 Å². The molecule has 2 rings (SSSR count). The molecule has 0 radical (unpaired) electrons. The average molecular weight is 357 g/mol. The van der Waals surface area contributed by atoms with E-state index >= 15 is 0 Å². The Bertz CT molecular complexity index is 772. The summed E-state index contributed by atoms with van der Waals surface area (Å²) in [6.07, 6.45) is 1.61. The lowest BCUT2D eigenvalue weighted by atomic mass is 10.1. The van der Waals surface area contributed by atoms with E-state index in [0.717, 1.165) is 16.9 Å². The fourth-order valence-corrected chi connectivity index (χ4v) is 2.45. The summed E-state index contributed by atoms with van der Waals surface area (Å²) in [5.41, 5.74) is 2.65. The normalized spacial score (nSPS) is 11.5. The van der Waals surface area contributed by atoms with E-state index in [0.29, 0.717) is 11.4 Å². The second-order valence-electron chi connectivity index (χ2n) is 5.94. The Morgan fingerprint density at radius 3 is 2.50 bits per heavy atom. The van der Waals surface area contributed by atoms with E-state index in [2.05, 4.69) is 15.6 Å². The van der Waals surface area contributed by atoms with E-state index < -0.39 is 18.6 Å². The summed E-state index contributed by atoms with van der Waals surface area (Å²) in [6, 6.07) is 8.40. The van der Waals surface area contributed by atoms with Gasteiger partial charge in [-0.1, -0.05) is 24.3 Å². The van der Waals surface area contributed by atoms with Crippen LogP contribution in [0.3, 0.4) is 0 Å². The number of aliphatic hydroxyl groups is 1. The standard InChI is InChI=1S/C19H23N3O4/c1-12-6-4-7-13(2)17(12)26-19-15(8-5-9-20-19)10-21-18(25)16(11-23)22-14(3)24/h4-9,16,23H,10-11H2,1-3H3,(H,21,25)(H,22,24). The number of nitrogens with one attached hydrogen (secondary N) is 2. The minimum absolute atomic E-state index is 0.156. The summed E-state index contributed by atoms with van der Waals surface area (Å²) in [5.74, 6) is 0.250. The Morgan fingerprint density at radius 1 is 1.19 bits per heavy atom. The number of para-hydroxylation sites is 1. The number of carbonyl (C=O) groups excluding carboxylic acids is 2. The second-order valence-corrected chi connectivity index (χ2v) is 5.94. The quantitative estimate of drug-likeness (QED) is 0.699. The molecule has 1 heterocycles. The molecule has 0 aliphatic carbocycles. The minimum Gasteiger partial charge on any atom is -0.438 e. The summed E-state index contributed by atoms with van der Waals surface area (Å²) in [7, 11) is 0. The smallest absolute Gasteiger partial charge is 0.245 e. The van der Waals surface area contributed by atoms with Crippen LogP contribution in [0.4, 0.5) is 0 Å². The highest BCUT2D eigenvalue weighted by atomic mass is 16.5. The fraction of sp³-hybridized carbons (Fsp3) is 0.316. The molecule has 3 N–H and O–H groups in total. The van der Waals surface area contributed by atoms with E-state index in [1.54, 1.807) is 18.3 Å². The van der Waals surface area contributed by atoms with Gasteiger partial charge in [0.25, 0.3) is 0 Å². The highest BCUT2D eigenvalue weighted by Crippen LogP contribution is 2.29. The van der Waals surface area contributed by atoms with E-state index in [4.69, 9.17) is 4.74 Å². The van der Waals surface area contributed by atoms with Crippen molar-refractivity contribution in [3.63, 3.8) is 0 Å². The number of aliphatic hydroxyl groups excluding tert-OH is 1. The monoisotopic (exact) mass is 357 g/mol. The van der Waals surface area contributed by atoms with Crippen LogP contribution in [0.25, 0.3) is 0 Å². The number of rotatable bonds is 7. The maximum atomic E-state index is 12.1. The third kappa shape index (κ3) is 5.03. The summed E-state index contributed by atoms with van der Waals surface area (Å²) in [5, 5.41) is 14.3. The lowest BCUT2D eigenvalue weighted by molar-refractivity contribution is -0.129. The molecule has 7 nitrogen and oxygen atoms in total. The molecule has 0 bridgehead atoms. The van der Waals surface area contributed by atoms with Crippen LogP contribution in [0.2, 0.25) is 0 Å². The van der Waals surface area contributed by atoms with Crippen LogP contribution in [0.1, 0.15) is 23.6 Å². The van der Waals surface area contributed by atoms with Gasteiger partial charge in [0.1, 0.15) is 11.8 Å². The number of nitrogens with zero attached hydrogens (tertiary/aromatic N) is 1. The van der Waals surface area contributed by atoms with E-state index in [1.165, 1.54) is 6.92 Å². The summed E-state index contributed by atoms with van der Waals surface area (Å²) >= 11 is 0. The molecule has 26 heavy (non-hydrogen) atoms. The third-order valence-corrected chi connectivity index (χ3v) is 3.79. The topological polar surface area (TPSA) is 101 Å². The summed E-state index contributed by atoms with van der Waals surface area (Å²) < 4.78 is 5.97. The molecule has 0 aliphatic heterocycles. The van der Waals surface area contributed by atoms with Gasteiger partial charge in [-0.3, -0.25) is 9.59 Å². The predicted octanol–water partition coefficient (Wildman–Crippen LogP) is 1.60. The molecule has 1 aromatic heterocycles. The van der Waals surface area contributed by atoms with Gasteiger partial charge >= 0.3 is 0 Å². The second kappa shape index (κ2) is 8.96. The van der Waals surface area contributed by atoms with Gasteiger partial charge in [0.05, 0.1) is 6.61 Å². The Hall–Kier alpha value is -2.93. The first-order valence-electron chi connectivity index (χ1n) is 8.26. The Morgan fingerprint density at radius 2 is 1.88 bits per heavy atom. The molecule has 1 unspecified atom stereocenters. The first-order valence-corrected chi connectivity index (χ1v) is 8.26. The van der Waals surface area contributed by atoms with Crippen molar-refractivity contribution in [1.82, 2.24) is 15.6 Å². The number of aryl methyl sites for hydroxylation is 2. The van der Waals surface area contributed by atoms with Crippen LogP contribution < -0.4 is 15.4 Å². The number of carbonyl (C=O) groups is 2. The molecule has 0 saturated carbocycles. The van der Waals surface area contributed by atoms with Gasteiger partial charge in [0.2, 0.25) is 17.7 Å². The molecule has 1 atom stereocenters. The molecular formula is C19H23N3O4. The van der Waals surface area contributed by atoms with Gasteiger partial charge in [-0.15, -0.1) is 0 Å². The van der Waals surface area contributed by atoms with Crippen LogP contribution >= 0.6 is 0 Å². The number of amides is 2. The number of benzene rings is 1. The zero-order valence-electron chi connectivity index (χ0n) is 15.1. The van der Waals surface area contributed by atoms with E-state index in [9.17, 15) is 14.7 Å². The van der Waals surface area contributed by atoms with Gasteiger partial charge in [-0.05, 0) is 31.0 Å². The Kier molecular flexibility index (Phi) is 6.68. The van der Waals surface area contributed by atoms with Crippen LogP contribution in [0.15, 0.2) is 36.5 Å². The molecule has 0 spiro atoms. The van der Waals surface area contributed by atoms with Crippen LogP contribution in [-0.2, 0) is 16.1 Å². The van der Waals surface area contributed by atoms with Crippen molar-refractivity contribution in [3.8, 4) is 11.6 Å². The van der Waals surface area contributed by atoms with Gasteiger partial charge in [-0.2, -0.15) is 0 Å². The maximum absolute atomic E-state index is 12.1. The van der Waals surface area contributed by atoms with Crippen molar-refractivity contribution >= 4 is 11.8 Å². The van der Waals surface area contributed by atoms with Gasteiger partial charge in [0, 0.05) is 25.2 Å². The summed E-state index contributed by atoms with van der Waals surface area (Å²) in [6.45, 7) is 4.86. The minimum atomic E-state index is -0.993. The molecule has 2 amide bonds. The molecule has 138 valence electrons. The lowest BCUT2D eigenvalue weighted by Crippen LogP contribution is -2.48. The predicted molar refractivity (Wildman–Crippen MR) is 96.8 cm³/mol. The highest BCUT2D eigenvalue weighted by molar-refractivity contribution is 5.86. The highest BCUT2D eigenvalue weighted by Gasteiger charge is 2.19. The zero-order chi connectivity index (χ0) is 19.1. The number of ether oxygens (including phenoxy) is 1. The molecule has 0 fully saturated rings. The number of aromatic nitrogens is 1. The zero-order valence-corrected chi connectivity index (χ0v) is 15.1. The first-order chi connectivity index (χ1) is 12.4. The Balaban J connectivity index is 2.12. The van der Waals surface area contributed by atoms with Gasteiger partial charge < -0.3 is 20.5 Å². The van der Waals surface area contributed by atoms with Crippen molar-refractivity contribution in [3.05, 3.63) is 53.2 Å².